The molecule has 0 aromatic heterocycles. The van der Waals surface area contributed by atoms with Crippen LogP contribution in [-0.4, -0.2) is 5.66 Å². The van der Waals surface area contributed by atoms with Gasteiger partial charge >= 0.3 is 0 Å². The third-order valence-corrected chi connectivity index (χ3v) is 3.09. The summed E-state index contributed by atoms with van der Waals surface area (Å²) < 4.78 is 0. The molecule has 2 aliphatic rings. The van der Waals surface area contributed by atoms with Gasteiger partial charge in [-0.25, -0.2) is 0 Å². The number of hydrogen-bond acceptors (Lipinski definition) is 0. The van der Waals surface area contributed by atoms with Crippen LogP contribution < -0.4 is 0 Å². The summed E-state index contributed by atoms with van der Waals surface area (Å²) in [5.74, 6) is 0. The predicted octanol–water partition coefficient (Wildman–Crippen LogP) is 1.41. The van der Waals surface area contributed by atoms with E-state index in [0.29, 0.717) is 0 Å². The largest absolute Gasteiger partial charge is 0.134 e. The summed E-state index contributed by atoms with van der Waals surface area (Å²) in [4.78, 5) is 0. The molecule has 0 aromatic carbocycles. The van der Waals surface area contributed by atoms with Crippen molar-refractivity contribution in [1.82, 2.24) is 0 Å². The van der Waals surface area contributed by atoms with Crippen LogP contribution in [0.3, 0.4) is 0 Å². The van der Waals surface area contributed by atoms with Crippen molar-refractivity contribution in [3.8, 4) is 0 Å². The molecule has 0 N–H and O–H groups in total. The van der Waals surface area contributed by atoms with E-state index in [4.69, 9.17) is 0 Å². The predicted molar refractivity (Wildman–Crippen MR) is 29.8 cm³/mol. The van der Waals surface area contributed by atoms with E-state index >= 15 is 0 Å². The van der Waals surface area contributed by atoms with E-state index in [0.717, 1.165) is 11.1 Å². The molecular weight excluding hydrogens is 91.0 g/mol. The van der Waals surface area contributed by atoms with Crippen LogP contribution in [0.1, 0.15) is 19.3 Å². The summed E-state index contributed by atoms with van der Waals surface area (Å²) in [6.07, 6.45) is 4.57. The third-order valence-electron chi connectivity index (χ3n) is 2.15. The van der Waals surface area contributed by atoms with Gasteiger partial charge in [0.1, 0.15) is 0 Å². The molecule has 0 nitrogen and oxygen atoms in total. The van der Waals surface area contributed by atoms with Crippen LogP contribution in [0.4, 0.5) is 0 Å². The molecule has 2 aliphatic carbocycles. The molecule has 1 spiro atoms. The van der Waals surface area contributed by atoms with E-state index in [1.165, 1.54) is 19.3 Å². The van der Waals surface area contributed by atoms with Crippen molar-refractivity contribution >= 4 is 9.24 Å². The lowest BCUT2D eigenvalue weighted by Gasteiger charge is -1.72. The van der Waals surface area contributed by atoms with E-state index in [-0.39, 0.29) is 0 Å². The highest BCUT2D eigenvalue weighted by molar-refractivity contribution is 7.18. The molecule has 6 heavy (non-hydrogen) atoms. The van der Waals surface area contributed by atoms with Crippen molar-refractivity contribution in [1.29, 1.82) is 0 Å². The second kappa shape index (κ2) is 0.690. The Labute approximate surface area is 40.5 Å². The minimum absolute atomic E-state index is 0.921. The zero-order chi connectivity index (χ0) is 4.20. The second-order valence-corrected chi connectivity index (χ2v) is 3.48. The average molecular weight is 100 g/mol. The molecule has 2 saturated carbocycles. The van der Waals surface area contributed by atoms with Gasteiger partial charge in [-0.1, -0.05) is 0 Å². The first-order valence-electron chi connectivity index (χ1n) is 2.59. The molecule has 0 saturated heterocycles. The van der Waals surface area contributed by atoms with Gasteiger partial charge in [-0.15, -0.1) is 9.24 Å². The smallest absolute Gasteiger partial charge is 0.0202 e. The first-order chi connectivity index (χ1) is 2.83. The van der Waals surface area contributed by atoms with Crippen molar-refractivity contribution in [3.63, 3.8) is 0 Å². The van der Waals surface area contributed by atoms with Crippen molar-refractivity contribution in [2.24, 2.45) is 5.41 Å². The summed E-state index contributed by atoms with van der Waals surface area (Å²) in [6.45, 7) is 0. The zero-order valence-electron chi connectivity index (χ0n) is 3.78. The lowest BCUT2D eigenvalue weighted by atomic mass is 10.4. The Balaban J connectivity index is 2.17. The molecule has 0 aliphatic heterocycles. The van der Waals surface area contributed by atoms with Gasteiger partial charge < -0.3 is 0 Å². The lowest BCUT2D eigenvalue weighted by molar-refractivity contribution is 0.904. The molecule has 0 heterocycles. The van der Waals surface area contributed by atoms with Crippen molar-refractivity contribution in [3.05, 3.63) is 0 Å². The number of rotatable bonds is 0. The quantitative estimate of drug-likeness (QED) is 0.404. The van der Waals surface area contributed by atoms with Gasteiger partial charge in [0.05, 0.1) is 0 Å². The van der Waals surface area contributed by atoms with Crippen molar-refractivity contribution < 1.29 is 0 Å². The van der Waals surface area contributed by atoms with Gasteiger partial charge in [0.2, 0.25) is 0 Å². The van der Waals surface area contributed by atoms with Gasteiger partial charge in [0.25, 0.3) is 0 Å². The maximum atomic E-state index is 2.90. The Morgan fingerprint density at radius 1 is 1.50 bits per heavy atom. The van der Waals surface area contributed by atoms with E-state index in [2.05, 4.69) is 9.24 Å². The standard InChI is InChI=1S/C5H9P/c6-4-3-5(4)1-2-5/h4H,1-3,6H2. The average Bonchev–Trinajstić information content (AvgIpc) is 2.25. The summed E-state index contributed by atoms with van der Waals surface area (Å²) in [5, 5.41) is 0. The second-order valence-electron chi connectivity index (χ2n) is 2.67. The topological polar surface area (TPSA) is 0 Å². The van der Waals surface area contributed by atoms with Crippen LogP contribution >= 0.6 is 9.24 Å². The molecule has 34 valence electrons. The number of hydrogen-bond donors (Lipinski definition) is 0. The fraction of sp³-hybridized carbons (Fsp3) is 1.00. The molecule has 2 unspecified atom stereocenters. The molecule has 2 fully saturated rings. The van der Waals surface area contributed by atoms with E-state index in [9.17, 15) is 0 Å². The minimum Gasteiger partial charge on any atom is -0.134 e. The highest BCUT2D eigenvalue weighted by Gasteiger charge is 2.60. The van der Waals surface area contributed by atoms with Crippen LogP contribution in [0.25, 0.3) is 0 Å². The van der Waals surface area contributed by atoms with E-state index in [1.54, 1.807) is 0 Å². The highest BCUT2D eigenvalue weighted by atomic mass is 31.0. The fourth-order valence-electron chi connectivity index (χ4n) is 1.11. The van der Waals surface area contributed by atoms with Gasteiger partial charge in [-0.05, 0) is 30.3 Å². The molecule has 0 amide bonds. The maximum absolute atomic E-state index is 2.90. The zero-order valence-corrected chi connectivity index (χ0v) is 4.93. The van der Waals surface area contributed by atoms with Gasteiger partial charge in [-0.3, -0.25) is 0 Å². The third kappa shape index (κ3) is 0.250. The van der Waals surface area contributed by atoms with Crippen molar-refractivity contribution in [2.75, 3.05) is 0 Å². The van der Waals surface area contributed by atoms with Crippen LogP contribution in [0.5, 0.6) is 0 Å². The van der Waals surface area contributed by atoms with Gasteiger partial charge in [-0.2, -0.15) is 0 Å². The first-order valence-corrected chi connectivity index (χ1v) is 3.26. The molecule has 0 radical (unpaired) electrons. The van der Waals surface area contributed by atoms with Crippen molar-refractivity contribution in [2.45, 2.75) is 24.9 Å². The van der Waals surface area contributed by atoms with Gasteiger partial charge in [0.15, 0.2) is 0 Å². The Morgan fingerprint density at radius 2 is 2.00 bits per heavy atom. The summed E-state index contributed by atoms with van der Waals surface area (Å²) in [6, 6.07) is 0. The Hall–Kier alpha value is 0.430. The minimum atomic E-state index is 0.921. The van der Waals surface area contributed by atoms with E-state index in [1.807, 2.05) is 0 Å². The monoisotopic (exact) mass is 100 g/mol. The molecular formula is C5H9P. The van der Waals surface area contributed by atoms with Crippen LogP contribution in [0, 0.1) is 5.41 Å². The highest BCUT2D eigenvalue weighted by Crippen LogP contribution is 2.69. The maximum Gasteiger partial charge on any atom is -0.0202 e. The summed E-state index contributed by atoms with van der Waals surface area (Å²) in [7, 11) is 2.90. The molecule has 1 heteroatoms. The van der Waals surface area contributed by atoms with Crippen LogP contribution in [0.15, 0.2) is 0 Å². The summed E-state index contributed by atoms with van der Waals surface area (Å²) >= 11 is 0. The fourth-order valence-corrected chi connectivity index (χ4v) is 1.92. The molecule has 2 atom stereocenters. The van der Waals surface area contributed by atoms with Crippen LogP contribution in [-0.2, 0) is 0 Å². The Morgan fingerprint density at radius 3 is 2.00 bits per heavy atom. The Kier molecular flexibility index (Phi) is 0.395. The summed E-state index contributed by atoms with van der Waals surface area (Å²) in [5.41, 5.74) is 1.95. The molecule has 2 rings (SSSR count). The normalized spacial score (nSPS) is 46.5. The van der Waals surface area contributed by atoms with Crippen LogP contribution in [0.2, 0.25) is 0 Å². The Bertz CT molecular complexity index is 83.9. The SMILES string of the molecule is PC1CC12CC2. The first kappa shape index (κ1) is 3.43. The molecule has 0 bridgehead atoms. The van der Waals surface area contributed by atoms with E-state index < -0.39 is 0 Å². The lowest BCUT2D eigenvalue weighted by Crippen LogP contribution is -1.66. The van der Waals surface area contributed by atoms with Gasteiger partial charge in [0, 0.05) is 0 Å². The molecule has 0 aromatic rings.